The Morgan fingerprint density at radius 1 is 1.10 bits per heavy atom. The lowest BCUT2D eigenvalue weighted by Gasteiger charge is -2.14. The third-order valence-electron chi connectivity index (χ3n) is 3.40. The van der Waals surface area contributed by atoms with Crippen LogP contribution in [0.15, 0.2) is 34.8 Å². The number of nitriles is 1. The number of nitrogens with zero attached hydrogens (tertiary/aromatic N) is 1. The second kappa shape index (κ2) is 6.11. The molecule has 3 heteroatoms. The van der Waals surface area contributed by atoms with Crippen LogP contribution in [0.25, 0.3) is 0 Å². The summed E-state index contributed by atoms with van der Waals surface area (Å²) in [6.45, 7) is 7.10. The van der Waals surface area contributed by atoms with E-state index in [9.17, 15) is 5.26 Å². The van der Waals surface area contributed by atoms with Crippen LogP contribution in [-0.2, 0) is 6.54 Å². The van der Waals surface area contributed by atoms with Crippen molar-refractivity contribution in [2.45, 2.75) is 27.3 Å². The van der Waals surface area contributed by atoms with Crippen LogP contribution in [0.2, 0.25) is 0 Å². The van der Waals surface area contributed by atoms with Crippen LogP contribution in [0.4, 0.5) is 5.69 Å². The zero-order valence-electron chi connectivity index (χ0n) is 11.9. The molecule has 0 heterocycles. The quantitative estimate of drug-likeness (QED) is 0.873. The van der Waals surface area contributed by atoms with Crippen LogP contribution in [-0.4, -0.2) is 0 Å². The topological polar surface area (TPSA) is 35.8 Å². The van der Waals surface area contributed by atoms with Gasteiger partial charge in [0, 0.05) is 11.0 Å². The average molecular weight is 329 g/mol. The average Bonchev–Trinajstić information content (AvgIpc) is 2.38. The van der Waals surface area contributed by atoms with E-state index >= 15 is 0 Å². The first-order chi connectivity index (χ1) is 9.51. The minimum Gasteiger partial charge on any atom is -0.380 e. The minimum absolute atomic E-state index is 0.654. The summed E-state index contributed by atoms with van der Waals surface area (Å²) in [6, 6.07) is 12.3. The van der Waals surface area contributed by atoms with Crippen molar-refractivity contribution in [3.8, 4) is 6.07 Å². The third kappa shape index (κ3) is 3.20. The highest BCUT2D eigenvalue weighted by Gasteiger charge is 2.06. The molecule has 2 rings (SSSR count). The molecule has 0 fully saturated rings. The van der Waals surface area contributed by atoms with Gasteiger partial charge in [0.2, 0.25) is 0 Å². The lowest BCUT2D eigenvalue weighted by molar-refractivity contribution is 1.08. The summed E-state index contributed by atoms with van der Waals surface area (Å²) in [5.41, 5.74) is 6.67. The number of benzene rings is 2. The largest absolute Gasteiger partial charge is 0.380 e. The third-order valence-corrected chi connectivity index (χ3v) is 3.89. The highest BCUT2D eigenvalue weighted by atomic mass is 79.9. The summed E-state index contributed by atoms with van der Waals surface area (Å²) >= 11 is 3.39. The first-order valence-electron chi connectivity index (χ1n) is 6.51. The van der Waals surface area contributed by atoms with Crippen molar-refractivity contribution < 1.29 is 0 Å². The molecule has 2 aromatic rings. The molecule has 2 aromatic carbocycles. The van der Waals surface area contributed by atoms with Crippen LogP contribution in [0, 0.1) is 32.1 Å². The second-order valence-electron chi connectivity index (χ2n) is 5.03. The maximum absolute atomic E-state index is 9.17. The smallest absolute Gasteiger partial charge is 0.101 e. The number of hydrogen-bond acceptors (Lipinski definition) is 2. The molecule has 0 aliphatic carbocycles. The van der Waals surface area contributed by atoms with Crippen molar-refractivity contribution in [1.82, 2.24) is 0 Å². The molecule has 1 N–H and O–H groups in total. The van der Waals surface area contributed by atoms with Crippen molar-refractivity contribution in [2.24, 2.45) is 0 Å². The van der Waals surface area contributed by atoms with E-state index in [-0.39, 0.29) is 0 Å². The Hall–Kier alpha value is -1.79. The van der Waals surface area contributed by atoms with Crippen LogP contribution in [0.3, 0.4) is 0 Å². The molecule has 0 spiro atoms. The van der Waals surface area contributed by atoms with Gasteiger partial charge in [0.1, 0.15) is 6.07 Å². The summed E-state index contributed by atoms with van der Waals surface area (Å²) < 4.78 is 0.919. The van der Waals surface area contributed by atoms with E-state index in [0.29, 0.717) is 5.56 Å². The molecular formula is C17H17BrN2. The molecule has 0 radical (unpaired) electrons. The summed E-state index contributed by atoms with van der Waals surface area (Å²) in [6.07, 6.45) is 0. The zero-order chi connectivity index (χ0) is 14.7. The molecule has 0 atom stereocenters. The van der Waals surface area contributed by atoms with Gasteiger partial charge in [0.05, 0.1) is 11.3 Å². The Morgan fingerprint density at radius 3 is 2.35 bits per heavy atom. The van der Waals surface area contributed by atoms with Gasteiger partial charge in [0.25, 0.3) is 0 Å². The van der Waals surface area contributed by atoms with Gasteiger partial charge >= 0.3 is 0 Å². The number of hydrogen-bond donors (Lipinski definition) is 1. The highest BCUT2D eigenvalue weighted by Crippen LogP contribution is 2.22. The minimum atomic E-state index is 0.654. The first kappa shape index (κ1) is 14.6. The van der Waals surface area contributed by atoms with Crippen LogP contribution in [0.5, 0.6) is 0 Å². The monoisotopic (exact) mass is 328 g/mol. The maximum atomic E-state index is 9.17. The van der Waals surface area contributed by atoms with Crippen molar-refractivity contribution >= 4 is 21.6 Å². The zero-order valence-corrected chi connectivity index (χ0v) is 13.5. The number of aryl methyl sites for hydroxylation is 3. The van der Waals surface area contributed by atoms with E-state index in [1.54, 1.807) is 0 Å². The second-order valence-corrected chi connectivity index (χ2v) is 5.95. The van der Waals surface area contributed by atoms with Gasteiger partial charge in [0.15, 0.2) is 0 Å². The predicted molar refractivity (Wildman–Crippen MR) is 86.8 cm³/mol. The number of halogens is 1. The van der Waals surface area contributed by atoms with Crippen molar-refractivity contribution in [1.29, 1.82) is 5.26 Å². The molecular weight excluding hydrogens is 312 g/mol. The molecule has 0 unspecified atom stereocenters. The van der Waals surface area contributed by atoms with Gasteiger partial charge in [-0.05, 0) is 55.7 Å². The Balaban J connectivity index is 2.24. The number of anilines is 1. The van der Waals surface area contributed by atoms with Crippen LogP contribution in [0.1, 0.15) is 27.8 Å². The molecule has 102 valence electrons. The molecule has 20 heavy (non-hydrogen) atoms. The SMILES string of the molecule is Cc1cc(C)c(CNc2ccc(Br)cc2C#N)c(C)c1. The number of rotatable bonds is 3. The molecule has 0 bridgehead atoms. The highest BCUT2D eigenvalue weighted by molar-refractivity contribution is 9.10. The lowest BCUT2D eigenvalue weighted by atomic mass is 9.99. The summed E-state index contributed by atoms with van der Waals surface area (Å²) in [4.78, 5) is 0. The first-order valence-corrected chi connectivity index (χ1v) is 7.31. The van der Waals surface area contributed by atoms with Crippen molar-refractivity contribution in [3.05, 3.63) is 62.6 Å². The summed E-state index contributed by atoms with van der Waals surface area (Å²) in [5, 5.41) is 12.5. The number of nitrogens with one attached hydrogen (secondary N) is 1. The van der Waals surface area contributed by atoms with E-state index < -0.39 is 0 Å². The Morgan fingerprint density at radius 2 is 1.75 bits per heavy atom. The summed E-state index contributed by atoms with van der Waals surface area (Å²) in [7, 11) is 0. The molecule has 0 aliphatic rings. The van der Waals surface area contributed by atoms with E-state index in [1.807, 2.05) is 18.2 Å². The summed E-state index contributed by atoms with van der Waals surface area (Å²) in [5.74, 6) is 0. The maximum Gasteiger partial charge on any atom is 0.101 e. The fourth-order valence-corrected chi connectivity index (χ4v) is 2.80. The van der Waals surface area contributed by atoms with Crippen molar-refractivity contribution in [3.63, 3.8) is 0 Å². The Kier molecular flexibility index (Phi) is 4.46. The fraction of sp³-hybridized carbons (Fsp3) is 0.235. The molecule has 0 aliphatic heterocycles. The van der Waals surface area contributed by atoms with Crippen molar-refractivity contribution in [2.75, 3.05) is 5.32 Å². The molecule has 0 amide bonds. The molecule has 2 nitrogen and oxygen atoms in total. The Labute approximate surface area is 128 Å². The molecule has 0 saturated carbocycles. The Bertz CT molecular complexity index is 661. The fourth-order valence-electron chi connectivity index (χ4n) is 2.44. The van der Waals surface area contributed by atoms with Gasteiger partial charge in [-0.2, -0.15) is 5.26 Å². The normalized spacial score (nSPS) is 10.2. The van der Waals surface area contributed by atoms with E-state index in [1.165, 1.54) is 22.3 Å². The van der Waals surface area contributed by atoms with Crippen LogP contribution >= 0.6 is 15.9 Å². The van der Waals surface area contributed by atoms with E-state index in [4.69, 9.17) is 0 Å². The van der Waals surface area contributed by atoms with Gasteiger partial charge in [-0.15, -0.1) is 0 Å². The lowest BCUT2D eigenvalue weighted by Crippen LogP contribution is -2.05. The molecule has 0 aromatic heterocycles. The van der Waals surface area contributed by atoms with Gasteiger partial charge in [-0.3, -0.25) is 0 Å². The van der Waals surface area contributed by atoms with Gasteiger partial charge in [-0.25, -0.2) is 0 Å². The van der Waals surface area contributed by atoms with E-state index in [2.05, 4.69) is 60.2 Å². The van der Waals surface area contributed by atoms with Crippen LogP contribution < -0.4 is 5.32 Å². The molecule has 0 saturated heterocycles. The predicted octanol–water partition coefficient (Wildman–Crippen LogP) is 4.86. The standard InChI is InChI=1S/C17H17BrN2/c1-11-6-12(2)16(13(3)7-11)10-20-17-5-4-15(18)8-14(17)9-19/h4-8,20H,10H2,1-3H3. The van der Waals surface area contributed by atoms with E-state index in [0.717, 1.165) is 16.7 Å². The van der Waals surface area contributed by atoms with Gasteiger partial charge < -0.3 is 5.32 Å². The van der Waals surface area contributed by atoms with Gasteiger partial charge in [-0.1, -0.05) is 33.6 Å².